The van der Waals surface area contributed by atoms with Crippen LogP contribution in [0.4, 0.5) is 10.5 Å². The van der Waals surface area contributed by atoms with Crippen LogP contribution in [0.2, 0.25) is 5.02 Å². The quantitative estimate of drug-likeness (QED) is 0.550. The van der Waals surface area contributed by atoms with E-state index in [1.165, 1.54) is 35.5 Å². The number of sulfonamides is 1. The van der Waals surface area contributed by atoms with Gasteiger partial charge in [0, 0.05) is 29.4 Å². The van der Waals surface area contributed by atoms with Gasteiger partial charge in [-0.2, -0.15) is 4.31 Å². The summed E-state index contributed by atoms with van der Waals surface area (Å²) < 4.78 is 26.5. The molecule has 0 saturated carbocycles. The minimum Gasteiger partial charge on any atom is -0.325 e. The maximum absolute atomic E-state index is 13.0. The van der Waals surface area contributed by atoms with E-state index in [1.807, 2.05) is 0 Å². The van der Waals surface area contributed by atoms with E-state index in [0.717, 1.165) is 4.90 Å². The van der Waals surface area contributed by atoms with Crippen molar-refractivity contribution in [1.82, 2.24) is 14.5 Å². The van der Waals surface area contributed by atoms with Gasteiger partial charge in [0.05, 0.1) is 4.90 Å². The third-order valence-corrected chi connectivity index (χ3v) is 7.86. The average molecular weight is 493 g/mol. The lowest BCUT2D eigenvalue weighted by Crippen LogP contribution is -2.42. The van der Waals surface area contributed by atoms with E-state index in [-0.39, 0.29) is 4.90 Å². The predicted molar refractivity (Wildman–Crippen MR) is 124 cm³/mol. The molecule has 4 amide bonds. The summed E-state index contributed by atoms with van der Waals surface area (Å²) in [6.07, 6.45) is 0. The maximum atomic E-state index is 13.0. The summed E-state index contributed by atoms with van der Waals surface area (Å²) in [6, 6.07) is 11.6. The van der Waals surface area contributed by atoms with Crippen LogP contribution in [0.25, 0.3) is 0 Å². The van der Waals surface area contributed by atoms with Crippen molar-refractivity contribution >= 4 is 45.2 Å². The molecule has 2 aromatic rings. The molecule has 11 heteroatoms. The fourth-order valence-electron chi connectivity index (χ4n) is 3.66. The number of amides is 4. The number of hydrogen-bond acceptors (Lipinski definition) is 5. The van der Waals surface area contributed by atoms with Gasteiger partial charge >= 0.3 is 6.03 Å². The Morgan fingerprint density at radius 2 is 1.70 bits per heavy atom. The van der Waals surface area contributed by atoms with Gasteiger partial charge in [0.1, 0.15) is 12.1 Å². The molecule has 1 heterocycles. The molecule has 1 saturated heterocycles. The second kappa shape index (κ2) is 9.50. The number of rotatable bonds is 8. The van der Waals surface area contributed by atoms with Crippen molar-refractivity contribution in [2.45, 2.75) is 31.2 Å². The van der Waals surface area contributed by atoms with Gasteiger partial charge in [0.2, 0.25) is 15.9 Å². The van der Waals surface area contributed by atoms with Gasteiger partial charge in [0.25, 0.3) is 5.91 Å². The molecule has 0 radical (unpaired) electrons. The molecule has 1 aliphatic heterocycles. The molecule has 33 heavy (non-hydrogen) atoms. The molecule has 0 bridgehead atoms. The zero-order valence-corrected chi connectivity index (χ0v) is 20.0. The number of benzene rings is 2. The van der Waals surface area contributed by atoms with Gasteiger partial charge in [-0.15, -0.1) is 0 Å². The molecule has 0 spiro atoms. The maximum Gasteiger partial charge on any atom is 0.325 e. The largest absolute Gasteiger partial charge is 0.325 e. The molecule has 0 unspecified atom stereocenters. The van der Waals surface area contributed by atoms with Crippen LogP contribution in [0, 0.1) is 0 Å². The highest BCUT2D eigenvalue weighted by Gasteiger charge is 2.50. The normalized spacial score (nSPS) is 18.5. The Morgan fingerprint density at radius 1 is 1.09 bits per heavy atom. The first kappa shape index (κ1) is 24.7. The topological polar surface area (TPSA) is 116 Å². The first-order valence-electron chi connectivity index (χ1n) is 10.3. The lowest BCUT2D eigenvalue weighted by molar-refractivity contribution is -0.133. The summed E-state index contributed by atoms with van der Waals surface area (Å²) in [4.78, 5) is 38.9. The third kappa shape index (κ3) is 4.73. The van der Waals surface area contributed by atoms with Crippen molar-refractivity contribution in [2.75, 3.05) is 25.0 Å². The van der Waals surface area contributed by atoms with E-state index >= 15 is 0 Å². The van der Waals surface area contributed by atoms with E-state index in [2.05, 4.69) is 10.6 Å². The molecular weight excluding hydrogens is 468 g/mol. The minimum atomic E-state index is -3.62. The summed E-state index contributed by atoms with van der Waals surface area (Å²) in [5, 5.41) is 5.50. The Kier molecular flexibility index (Phi) is 7.11. The first-order chi connectivity index (χ1) is 15.5. The molecule has 176 valence electrons. The molecule has 9 nitrogen and oxygen atoms in total. The van der Waals surface area contributed by atoms with E-state index < -0.39 is 40.0 Å². The molecule has 1 aliphatic rings. The van der Waals surface area contributed by atoms with E-state index in [4.69, 9.17) is 11.6 Å². The standard InChI is InChI=1S/C22H25ClN4O5S/c1-4-26(5-2)33(31,32)16-12-10-15(11-13-16)24-19(28)14-27-20(29)22(3,25-21(27)30)17-8-6-7-9-18(17)23/h6-13H,4-5,14H2,1-3H3,(H,24,28)(H,25,30)/t22-/m1/s1. The Labute approximate surface area is 197 Å². The number of carbonyl (C=O) groups is 3. The van der Waals surface area contributed by atoms with E-state index in [1.54, 1.807) is 38.1 Å². The molecule has 1 atom stereocenters. The highest BCUT2D eigenvalue weighted by Crippen LogP contribution is 2.33. The number of nitrogens with zero attached hydrogens (tertiary/aromatic N) is 2. The number of urea groups is 1. The molecular formula is C22H25ClN4O5S. The zero-order chi connectivity index (χ0) is 24.4. The molecule has 2 N–H and O–H groups in total. The van der Waals surface area contributed by atoms with E-state index in [0.29, 0.717) is 29.4 Å². The van der Waals surface area contributed by atoms with Gasteiger partial charge in [-0.05, 0) is 37.3 Å². The molecule has 0 aliphatic carbocycles. The second-order valence-electron chi connectivity index (χ2n) is 7.59. The summed E-state index contributed by atoms with van der Waals surface area (Å²) in [7, 11) is -3.62. The van der Waals surface area contributed by atoms with E-state index in [9.17, 15) is 22.8 Å². The Bertz CT molecular complexity index is 1180. The van der Waals surface area contributed by atoms with Crippen molar-refractivity contribution in [2.24, 2.45) is 0 Å². The number of halogens is 1. The number of hydrogen-bond donors (Lipinski definition) is 2. The number of imide groups is 1. The van der Waals surface area contributed by atoms with Crippen molar-refractivity contribution in [3.05, 3.63) is 59.1 Å². The van der Waals surface area contributed by atoms with Crippen LogP contribution >= 0.6 is 11.6 Å². The van der Waals surface area contributed by atoms with Gasteiger partial charge in [-0.1, -0.05) is 43.6 Å². The third-order valence-electron chi connectivity index (χ3n) is 5.47. The van der Waals surface area contributed by atoms with Crippen LogP contribution in [0.3, 0.4) is 0 Å². The van der Waals surface area contributed by atoms with Gasteiger partial charge in [-0.25, -0.2) is 13.2 Å². The van der Waals surface area contributed by atoms with Crippen molar-refractivity contribution < 1.29 is 22.8 Å². The summed E-state index contributed by atoms with van der Waals surface area (Å²) in [5.41, 5.74) is -0.631. The lowest BCUT2D eigenvalue weighted by atomic mass is 9.92. The second-order valence-corrected chi connectivity index (χ2v) is 9.93. The van der Waals surface area contributed by atoms with Crippen LogP contribution in [0.5, 0.6) is 0 Å². The zero-order valence-electron chi connectivity index (χ0n) is 18.5. The summed E-state index contributed by atoms with van der Waals surface area (Å²) in [5.74, 6) is -1.21. The van der Waals surface area contributed by atoms with Crippen LogP contribution in [-0.4, -0.2) is 55.1 Å². The van der Waals surface area contributed by atoms with Crippen LogP contribution in [0.15, 0.2) is 53.4 Å². The van der Waals surface area contributed by atoms with Crippen molar-refractivity contribution in [3.63, 3.8) is 0 Å². The predicted octanol–water partition coefficient (Wildman–Crippen LogP) is 2.78. The molecule has 1 fully saturated rings. The smallest absolute Gasteiger partial charge is 0.325 e. The van der Waals surface area contributed by atoms with Crippen molar-refractivity contribution in [3.8, 4) is 0 Å². The minimum absolute atomic E-state index is 0.105. The monoisotopic (exact) mass is 492 g/mol. The first-order valence-corrected chi connectivity index (χ1v) is 12.2. The number of anilines is 1. The molecule has 0 aromatic heterocycles. The van der Waals surface area contributed by atoms with Crippen molar-refractivity contribution in [1.29, 1.82) is 0 Å². The summed E-state index contributed by atoms with van der Waals surface area (Å²) in [6.45, 7) is 5.21. The highest BCUT2D eigenvalue weighted by atomic mass is 35.5. The Hall–Kier alpha value is -2.95. The average Bonchev–Trinajstić information content (AvgIpc) is 2.98. The fraction of sp³-hybridized carbons (Fsp3) is 0.318. The van der Waals surface area contributed by atoms with Crippen LogP contribution < -0.4 is 10.6 Å². The van der Waals surface area contributed by atoms with Gasteiger partial charge in [0.15, 0.2) is 0 Å². The Balaban J connectivity index is 1.71. The lowest BCUT2D eigenvalue weighted by Gasteiger charge is -2.23. The highest BCUT2D eigenvalue weighted by molar-refractivity contribution is 7.89. The van der Waals surface area contributed by atoms with Gasteiger partial charge < -0.3 is 10.6 Å². The van der Waals surface area contributed by atoms with Crippen LogP contribution in [0.1, 0.15) is 26.3 Å². The Morgan fingerprint density at radius 3 is 2.27 bits per heavy atom. The van der Waals surface area contributed by atoms with Crippen LogP contribution in [-0.2, 0) is 25.2 Å². The fourth-order valence-corrected chi connectivity index (χ4v) is 5.44. The number of carbonyl (C=O) groups excluding carboxylic acids is 3. The number of nitrogens with one attached hydrogen (secondary N) is 2. The summed E-state index contributed by atoms with van der Waals surface area (Å²) >= 11 is 6.20. The molecule has 3 rings (SSSR count). The molecule has 2 aromatic carbocycles. The van der Waals surface area contributed by atoms with Gasteiger partial charge in [-0.3, -0.25) is 14.5 Å². The SMILES string of the molecule is CCN(CC)S(=O)(=O)c1ccc(NC(=O)CN2C(=O)N[C@](C)(c3ccccc3Cl)C2=O)cc1.